The minimum absolute atomic E-state index is 0.0275. The Kier molecular flexibility index (Phi) is 6.95. The maximum absolute atomic E-state index is 13.6. The summed E-state index contributed by atoms with van der Waals surface area (Å²) in [5.74, 6) is 0.353. The second-order valence-electron chi connectivity index (χ2n) is 10.5. The third kappa shape index (κ3) is 5.15. The number of nitrogens with one attached hydrogen (secondary N) is 1. The first kappa shape index (κ1) is 26.9. The second kappa shape index (κ2) is 10.6. The van der Waals surface area contributed by atoms with Crippen LogP contribution in [0.3, 0.4) is 0 Å². The SMILES string of the molecule is CC(C)N(C)Cc1ccc2c(c1)OCCC2n1cc(CC2C(=O)NC=CN2S(=O)(=O)c2ccc3nonc3c2)nn1. The first-order valence-electron chi connectivity index (χ1n) is 13.3. The minimum atomic E-state index is -4.10. The summed E-state index contributed by atoms with van der Waals surface area (Å²) in [6.45, 7) is 5.66. The molecule has 41 heavy (non-hydrogen) atoms. The van der Waals surface area contributed by atoms with E-state index in [0.717, 1.165) is 27.7 Å². The van der Waals surface area contributed by atoms with Gasteiger partial charge in [0.2, 0.25) is 5.91 Å². The average molecular weight is 579 g/mol. The van der Waals surface area contributed by atoms with Gasteiger partial charge in [0.05, 0.1) is 23.2 Å². The second-order valence-corrected chi connectivity index (χ2v) is 12.4. The molecular formula is C27H30N8O5S. The number of hydrogen-bond acceptors (Lipinski definition) is 10. The molecule has 6 rings (SSSR count). The number of carbonyl (C=O) groups excluding carboxylic acids is 1. The molecule has 1 N–H and O–H groups in total. The van der Waals surface area contributed by atoms with Crippen LogP contribution in [0.2, 0.25) is 0 Å². The van der Waals surface area contributed by atoms with Crippen molar-refractivity contribution >= 4 is 27.0 Å². The van der Waals surface area contributed by atoms with Gasteiger partial charge in [0.25, 0.3) is 10.0 Å². The lowest BCUT2D eigenvalue weighted by Gasteiger charge is -2.31. The van der Waals surface area contributed by atoms with E-state index in [1.807, 2.05) is 0 Å². The first-order valence-corrected chi connectivity index (χ1v) is 14.7. The molecule has 0 fully saturated rings. The van der Waals surface area contributed by atoms with Crippen LogP contribution < -0.4 is 10.1 Å². The van der Waals surface area contributed by atoms with Crippen LogP contribution in [0.5, 0.6) is 5.75 Å². The van der Waals surface area contributed by atoms with Crippen molar-refractivity contribution in [1.29, 1.82) is 0 Å². The van der Waals surface area contributed by atoms with Gasteiger partial charge in [0.1, 0.15) is 22.8 Å². The van der Waals surface area contributed by atoms with E-state index in [9.17, 15) is 13.2 Å². The van der Waals surface area contributed by atoms with Gasteiger partial charge >= 0.3 is 0 Å². The lowest BCUT2D eigenvalue weighted by atomic mass is 9.98. The van der Waals surface area contributed by atoms with Crippen LogP contribution >= 0.6 is 0 Å². The quantitative estimate of drug-likeness (QED) is 0.330. The van der Waals surface area contributed by atoms with E-state index in [4.69, 9.17) is 4.74 Å². The van der Waals surface area contributed by atoms with Crippen LogP contribution in [0.1, 0.15) is 43.1 Å². The van der Waals surface area contributed by atoms with Crippen molar-refractivity contribution in [2.75, 3.05) is 13.7 Å². The van der Waals surface area contributed by atoms with Crippen LogP contribution in [0.25, 0.3) is 11.0 Å². The lowest BCUT2D eigenvalue weighted by molar-refractivity contribution is -0.124. The van der Waals surface area contributed by atoms with Crippen LogP contribution in [-0.4, -0.2) is 74.6 Å². The summed E-state index contributed by atoms with van der Waals surface area (Å²) in [5.41, 5.74) is 3.38. The highest BCUT2D eigenvalue weighted by Crippen LogP contribution is 2.35. The molecular weight excluding hydrogens is 548 g/mol. The number of rotatable bonds is 8. The summed E-state index contributed by atoms with van der Waals surface area (Å²) < 4.78 is 40.6. The highest BCUT2D eigenvalue weighted by molar-refractivity contribution is 7.89. The molecule has 13 nitrogen and oxygen atoms in total. The Hall–Kier alpha value is -4.30. The maximum Gasteiger partial charge on any atom is 0.264 e. The number of sulfonamides is 1. The van der Waals surface area contributed by atoms with E-state index in [1.54, 1.807) is 10.9 Å². The molecule has 4 heterocycles. The van der Waals surface area contributed by atoms with Gasteiger partial charge in [-0.1, -0.05) is 17.3 Å². The van der Waals surface area contributed by atoms with E-state index in [-0.39, 0.29) is 17.4 Å². The number of ether oxygens (including phenoxy) is 1. The number of nitrogens with zero attached hydrogens (tertiary/aromatic N) is 7. The lowest BCUT2D eigenvalue weighted by Crippen LogP contribution is -2.50. The Morgan fingerprint density at radius 1 is 1.15 bits per heavy atom. The topological polar surface area (TPSA) is 149 Å². The molecule has 2 unspecified atom stereocenters. The Morgan fingerprint density at radius 2 is 1.98 bits per heavy atom. The third-order valence-corrected chi connectivity index (χ3v) is 9.32. The van der Waals surface area contributed by atoms with Crippen LogP contribution in [0, 0.1) is 0 Å². The Morgan fingerprint density at radius 3 is 2.80 bits per heavy atom. The molecule has 2 aromatic heterocycles. The predicted molar refractivity (Wildman–Crippen MR) is 147 cm³/mol. The fourth-order valence-electron chi connectivity index (χ4n) is 5.00. The van der Waals surface area contributed by atoms with E-state index < -0.39 is 22.0 Å². The van der Waals surface area contributed by atoms with Gasteiger partial charge in [-0.05, 0) is 61.0 Å². The molecule has 4 aromatic rings. The van der Waals surface area contributed by atoms with Crippen molar-refractivity contribution in [1.82, 2.24) is 39.8 Å². The Balaban J connectivity index is 1.23. The number of fused-ring (bicyclic) bond motifs is 2. The van der Waals surface area contributed by atoms with Gasteiger partial charge < -0.3 is 10.1 Å². The third-order valence-electron chi connectivity index (χ3n) is 7.54. The molecule has 2 atom stereocenters. The standard InChI is InChI=1S/C27H30N8O5S/c1-17(2)33(3)15-18-4-6-21-24(8-11-39-26(21)12-18)34-16-19(29-32-34)13-25-27(36)28-9-10-35(25)41(37,38)20-5-7-22-23(14-20)31-40-30-22/h4-7,9-10,12,14,16-17,24-25H,8,11,13,15H2,1-3H3,(H,28,36). The Bertz CT molecular complexity index is 1730. The zero-order chi connectivity index (χ0) is 28.7. The average Bonchev–Trinajstić information content (AvgIpc) is 3.63. The van der Waals surface area contributed by atoms with Crippen molar-refractivity contribution in [2.24, 2.45) is 0 Å². The molecule has 0 saturated carbocycles. The molecule has 14 heteroatoms. The van der Waals surface area contributed by atoms with Gasteiger partial charge in [0.15, 0.2) is 0 Å². The van der Waals surface area contributed by atoms with Gasteiger partial charge in [-0.2, -0.15) is 0 Å². The smallest absolute Gasteiger partial charge is 0.264 e. The highest BCUT2D eigenvalue weighted by atomic mass is 32.2. The summed E-state index contributed by atoms with van der Waals surface area (Å²) in [4.78, 5) is 15.1. The number of amides is 1. The summed E-state index contributed by atoms with van der Waals surface area (Å²) in [7, 11) is -2.01. The van der Waals surface area contributed by atoms with E-state index >= 15 is 0 Å². The number of benzene rings is 2. The van der Waals surface area contributed by atoms with Gasteiger partial charge in [0, 0.05) is 49.6 Å². The summed E-state index contributed by atoms with van der Waals surface area (Å²) in [6, 6.07) is 9.79. The number of hydrogen-bond donors (Lipinski definition) is 1. The summed E-state index contributed by atoms with van der Waals surface area (Å²) in [5, 5.41) is 18.7. The zero-order valence-electron chi connectivity index (χ0n) is 22.8. The zero-order valence-corrected chi connectivity index (χ0v) is 23.7. The predicted octanol–water partition coefficient (Wildman–Crippen LogP) is 2.23. The van der Waals surface area contributed by atoms with Gasteiger partial charge in [-0.15, -0.1) is 5.10 Å². The molecule has 2 aliphatic heterocycles. The van der Waals surface area contributed by atoms with Gasteiger partial charge in [-0.3, -0.25) is 14.0 Å². The maximum atomic E-state index is 13.6. The fourth-order valence-corrected chi connectivity index (χ4v) is 6.47. The highest BCUT2D eigenvalue weighted by Gasteiger charge is 2.37. The van der Waals surface area contributed by atoms with Crippen molar-refractivity contribution < 1.29 is 22.6 Å². The van der Waals surface area contributed by atoms with Crippen molar-refractivity contribution in [3.8, 4) is 5.75 Å². The normalized spacial score (nSPS) is 19.0. The van der Waals surface area contributed by atoms with E-state index in [1.165, 1.54) is 30.6 Å². The number of carbonyl (C=O) groups is 1. The molecule has 0 radical (unpaired) electrons. The molecule has 214 valence electrons. The van der Waals surface area contributed by atoms with E-state index in [2.05, 4.69) is 74.6 Å². The summed E-state index contributed by atoms with van der Waals surface area (Å²) >= 11 is 0. The molecule has 0 aliphatic carbocycles. The van der Waals surface area contributed by atoms with Crippen LogP contribution in [0.15, 0.2) is 64.5 Å². The number of aromatic nitrogens is 5. The van der Waals surface area contributed by atoms with Crippen molar-refractivity contribution in [3.05, 3.63) is 71.8 Å². The minimum Gasteiger partial charge on any atom is -0.493 e. The molecule has 0 spiro atoms. The molecule has 0 saturated heterocycles. The largest absolute Gasteiger partial charge is 0.493 e. The molecule has 2 aromatic carbocycles. The summed E-state index contributed by atoms with van der Waals surface area (Å²) in [6.07, 6.45) is 5.13. The van der Waals surface area contributed by atoms with Crippen LogP contribution in [0.4, 0.5) is 0 Å². The fraction of sp³-hybridized carbons (Fsp3) is 0.370. The van der Waals surface area contributed by atoms with Crippen molar-refractivity contribution in [2.45, 2.75) is 56.3 Å². The molecule has 0 bridgehead atoms. The van der Waals surface area contributed by atoms with E-state index in [0.29, 0.717) is 35.8 Å². The first-order chi connectivity index (χ1) is 19.7. The Labute approximate surface area is 236 Å². The molecule has 2 aliphatic rings. The molecule has 1 amide bonds. The van der Waals surface area contributed by atoms with Gasteiger partial charge in [-0.25, -0.2) is 17.7 Å². The van der Waals surface area contributed by atoms with Crippen LogP contribution in [-0.2, 0) is 27.8 Å². The van der Waals surface area contributed by atoms with Crippen molar-refractivity contribution in [3.63, 3.8) is 0 Å². The monoisotopic (exact) mass is 578 g/mol.